The summed E-state index contributed by atoms with van der Waals surface area (Å²) in [6.45, 7) is 2.66. The number of carbonyl (C=O) groups excluding carboxylic acids is 1. The number of aliphatic hydroxyl groups is 1. The van der Waals surface area contributed by atoms with Crippen molar-refractivity contribution >= 4 is 16.9 Å². The molecule has 1 saturated carbocycles. The molecule has 0 spiro atoms. The van der Waals surface area contributed by atoms with E-state index in [0.29, 0.717) is 30.3 Å². The highest BCUT2D eigenvalue weighted by molar-refractivity contribution is 5.94. The molecule has 3 heterocycles. The van der Waals surface area contributed by atoms with Gasteiger partial charge in [-0.05, 0) is 37.8 Å². The Hall–Kier alpha value is -2.28. The maximum Gasteiger partial charge on any atom is 0.277 e. The number of amides is 1. The van der Waals surface area contributed by atoms with Crippen LogP contribution in [0.25, 0.3) is 11.0 Å². The summed E-state index contributed by atoms with van der Waals surface area (Å²) in [6, 6.07) is 3.22. The zero-order valence-electron chi connectivity index (χ0n) is 12.2. The Morgan fingerprint density at radius 2 is 2.27 bits per heavy atom. The molecule has 1 aliphatic heterocycles. The minimum absolute atomic E-state index is 0.163. The number of nitrogens with one attached hydrogen (secondary N) is 1. The number of pyridine rings is 1. The summed E-state index contributed by atoms with van der Waals surface area (Å²) < 4.78 is 0. The van der Waals surface area contributed by atoms with E-state index < -0.39 is 5.60 Å². The summed E-state index contributed by atoms with van der Waals surface area (Å²) in [4.78, 5) is 37.1. The molecule has 7 nitrogen and oxygen atoms in total. The first-order valence-electron chi connectivity index (χ1n) is 7.36. The Kier molecular flexibility index (Phi) is 2.65. The fraction of sp³-hybridized carbons (Fsp3) is 0.467. The van der Waals surface area contributed by atoms with E-state index in [1.165, 1.54) is 0 Å². The molecule has 0 radical (unpaired) electrons. The Bertz CT molecular complexity index is 846. The average Bonchev–Trinajstić information content (AvgIpc) is 3.16. The molecule has 7 heteroatoms. The topological polar surface area (TPSA) is 99.2 Å². The maximum atomic E-state index is 12.5. The van der Waals surface area contributed by atoms with E-state index in [-0.39, 0.29) is 22.7 Å². The van der Waals surface area contributed by atoms with Gasteiger partial charge < -0.3 is 15.0 Å². The fourth-order valence-electron chi connectivity index (χ4n) is 3.25. The molecule has 4 rings (SSSR count). The van der Waals surface area contributed by atoms with E-state index in [2.05, 4.69) is 15.0 Å². The van der Waals surface area contributed by atoms with E-state index in [0.717, 1.165) is 12.8 Å². The molecule has 0 bridgehead atoms. The number of rotatable bonds is 1. The summed E-state index contributed by atoms with van der Waals surface area (Å²) in [6.07, 6.45) is 1.59. The smallest absolute Gasteiger partial charge is 0.277 e. The van der Waals surface area contributed by atoms with Crippen LogP contribution >= 0.6 is 0 Å². The summed E-state index contributed by atoms with van der Waals surface area (Å²) in [5, 5.41) is 10.2. The standard InChI is InChI=1S/C15H16N4O3/c1-8-16-10-2-3-11(18-12(10)13(20)17-8)14(21)19-5-4-9-6-15(9,22)7-19/h2-3,9,22H,4-7H2,1H3,(H,16,17,20)/t9-,15+/m1/s1. The monoisotopic (exact) mass is 300 g/mol. The second kappa shape index (κ2) is 4.36. The highest BCUT2D eigenvalue weighted by Crippen LogP contribution is 2.49. The molecule has 22 heavy (non-hydrogen) atoms. The lowest BCUT2D eigenvalue weighted by Crippen LogP contribution is -2.44. The number of likely N-dealkylation sites (tertiary alicyclic amines) is 1. The molecule has 2 aromatic rings. The largest absolute Gasteiger partial charge is 0.388 e. The number of H-pyrrole nitrogens is 1. The Morgan fingerprint density at radius 3 is 3.05 bits per heavy atom. The molecular weight excluding hydrogens is 284 g/mol. The highest BCUT2D eigenvalue weighted by Gasteiger charge is 2.56. The van der Waals surface area contributed by atoms with Crippen LogP contribution in [0, 0.1) is 12.8 Å². The van der Waals surface area contributed by atoms with E-state index in [9.17, 15) is 14.7 Å². The van der Waals surface area contributed by atoms with Crippen LogP contribution in [0.1, 0.15) is 29.2 Å². The van der Waals surface area contributed by atoms with Crippen LogP contribution in [-0.2, 0) is 0 Å². The number of nitrogens with zero attached hydrogens (tertiary/aromatic N) is 3. The van der Waals surface area contributed by atoms with Crippen LogP contribution in [0.4, 0.5) is 0 Å². The third-order valence-electron chi connectivity index (χ3n) is 4.59. The molecule has 0 unspecified atom stereocenters. The van der Waals surface area contributed by atoms with Gasteiger partial charge in [0.2, 0.25) is 0 Å². The van der Waals surface area contributed by atoms with Gasteiger partial charge in [0.1, 0.15) is 11.5 Å². The third kappa shape index (κ3) is 2.00. The van der Waals surface area contributed by atoms with E-state index in [1.807, 2.05) is 0 Å². The van der Waals surface area contributed by atoms with E-state index in [1.54, 1.807) is 24.0 Å². The summed E-state index contributed by atoms with van der Waals surface area (Å²) in [5.41, 5.74) is -0.210. The number of β-amino-alcohol motifs (C(OH)–C–C–N with tert-alkyl or cyclic N) is 1. The zero-order valence-corrected chi connectivity index (χ0v) is 12.2. The van der Waals surface area contributed by atoms with Gasteiger partial charge in [-0.3, -0.25) is 9.59 Å². The lowest BCUT2D eigenvalue weighted by Gasteiger charge is -2.29. The van der Waals surface area contributed by atoms with Gasteiger partial charge in [0.25, 0.3) is 11.5 Å². The molecule has 2 N–H and O–H groups in total. The number of piperidine rings is 1. The Balaban J connectivity index is 1.68. The lowest BCUT2D eigenvalue weighted by molar-refractivity contribution is 0.0373. The fourth-order valence-corrected chi connectivity index (χ4v) is 3.25. The predicted molar refractivity (Wildman–Crippen MR) is 78.5 cm³/mol. The maximum absolute atomic E-state index is 12.5. The highest BCUT2D eigenvalue weighted by atomic mass is 16.3. The van der Waals surface area contributed by atoms with Crippen molar-refractivity contribution in [2.75, 3.05) is 13.1 Å². The predicted octanol–water partition coefficient (Wildman–Crippen LogP) is 0.223. The lowest BCUT2D eigenvalue weighted by atomic mass is 10.1. The summed E-state index contributed by atoms with van der Waals surface area (Å²) in [7, 11) is 0. The second-order valence-corrected chi connectivity index (χ2v) is 6.24. The minimum Gasteiger partial charge on any atom is -0.388 e. The quantitative estimate of drug-likeness (QED) is 0.785. The van der Waals surface area contributed by atoms with Gasteiger partial charge in [-0.15, -0.1) is 0 Å². The Morgan fingerprint density at radius 1 is 1.45 bits per heavy atom. The van der Waals surface area contributed by atoms with Crippen molar-refractivity contribution in [2.24, 2.45) is 5.92 Å². The molecule has 114 valence electrons. The van der Waals surface area contributed by atoms with Crippen molar-refractivity contribution in [2.45, 2.75) is 25.4 Å². The van der Waals surface area contributed by atoms with Crippen LogP contribution in [0.2, 0.25) is 0 Å². The van der Waals surface area contributed by atoms with Crippen molar-refractivity contribution in [1.82, 2.24) is 19.9 Å². The van der Waals surface area contributed by atoms with Crippen molar-refractivity contribution < 1.29 is 9.90 Å². The zero-order chi connectivity index (χ0) is 15.5. The van der Waals surface area contributed by atoms with Gasteiger partial charge in [-0.1, -0.05) is 0 Å². The van der Waals surface area contributed by atoms with E-state index >= 15 is 0 Å². The van der Waals surface area contributed by atoms with Crippen molar-refractivity contribution in [3.05, 3.63) is 34.0 Å². The SMILES string of the molecule is Cc1nc2ccc(C(=O)N3CC[C@@H]4C[C@]4(O)C3)nc2c(=O)[nH]1. The van der Waals surface area contributed by atoms with Gasteiger partial charge in [0, 0.05) is 6.54 Å². The number of aromatic amines is 1. The van der Waals surface area contributed by atoms with Crippen LogP contribution in [-0.4, -0.2) is 49.6 Å². The summed E-state index contributed by atoms with van der Waals surface area (Å²) in [5.74, 6) is 0.591. The van der Waals surface area contributed by atoms with Gasteiger partial charge in [0.15, 0.2) is 5.52 Å². The molecule has 1 aliphatic carbocycles. The first kappa shape index (κ1) is 13.4. The van der Waals surface area contributed by atoms with Gasteiger partial charge in [-0.2, -0.15) is 0 Å². The average molecular weight is 300 g/mol. The first-order chi connectivity index (χ1) is 10.5. The van der Waals surface area contributed by atoms with Crippen LogP contribution in [0.5, 0.6) is 0 Å². The first-order valence-corrected chi connectivity index (χ1v) is 7.36. The van der Waals surface area contributed by atoms with Gasteiger partial charge in [-0.25, -0.2) is 9.97 Å². The minimum atomic E-state index is -0.707. The van der Waals surface area contributed by atoms with Crippen molar-refractivity contribution in [3.63, 3.8) is 0 Å². The summed E-state index contributed by atoms with van der Waals surface area (Å²) >= 11 is 0. The van der Waals surface area contributed by atoms with Gasteiger partial charge >= 0.3 is 0 Å². The molecule has 0 aromatic carbocycles. The van der Waals surface area contributed by atoms with Crippen LogP contribution in [0.15, 0.2) is 16.9 Å². The molecule has 2 aliphatic rings. The molecular formula is C15H16N4O3. The molecule has 2 aromatic heterocycles. The van der Waals surface area contributed by atoms with Crippen molar-refractivity contribution in [1.29, 1.82) is 0 Å². The Labute approximate surface area is 126 Å². The number of aromatic nitrogens is 3. The molecule has 2 fully saturated rings. The molecule has 1 amide bonds. The van der Waals surface area contributed by atoms with Crippen LogP contribution in [0.3, 0.4) is 0 Å². The third-order valence-corrected chi connectivity index (χ3v) is 4.59. The molecule has 2 atom stereocenters. The number of aryl methyl sites for hydroxylation is 1. The molecule has 1 saturated heterocycles. The van der Waals surface area contributed by atoms with E-state index in [4.69, 9.17) is 0 Å². The number of hydrogen-bond donors (Lipinski definition) is 2. The van der Waals surface area contributed by atoms with Crippen LogP contribution < -0.4 is 5.56 Å². The van der Waals surface area contributed by atoms with Gasteiger partial charge in [0.05, 0.1) is 17.7 Å². The number of fused-ring (bicyclic) bond motifs is 2. The normalized spacial score (nSPS) is 26.8. The second-order valence-electron chi connectivity index (χ2n) is 6.24. The van der Waals surface area contributed by atoms with Crippen molar-refractivity contribution in [3.8, 4) is 0 Å². The number of hydrogen-bond acceptors (Lipinski definition) is 5. The number of carbonyl (C=O) groups is 1.